The molecule has 0 saturated carbocycles. The summed E-state index contributed by atoms with van der Waals surface area (Å²) in [6, 6.07) is 0.111. The second kappa shape index (κ2) is 4.93. The maximum Gasteiger partial charge on any atom is 0.0223 e. The molecule has 0 heterocycles. The quantitative estimate of drug-likeness (QED) is 0.521. The van der Waals surface area contributed by atoms with E-state index in [9.17, 15) is 0 Å². The molecule has 0 amide bonds. The first kappa shape index (κ1) is 9.10. The molecule has 0 bridgehead atoms. The number of hydrogen-bond acceptors (Lipinski definition) is 4. The smallest absolute Gasteiger partial charge is 0.0223 e. The van der Waals surface area contributed by atoms with Crippen molar-refractivity contribution in [1.29, 1.82) is 0 Å². The number of thiol groups is 2. The SMILES string of the molecule is N[C@@H](CS)C[SH](=S)=S. The maximum atomic E-state index is 5.48. The van der Waals surface area contributed by atoms with Gasteiger partial charge in [0.25, 0.3) is 0 Å². The van der Waals surface area contributed by atoms with Gasteiger partial charge in [0.05, 0.1) is 0 Å². The molecule has 0 rings (SSSR count). The van der Waals surface area contributed by atoms with Crippen molar-refractivity contribution in [2.45, 2.75) is 6.04 Å². The average Bonchev–Trinajstić information content (AvgIpc) is 1.65. The van der Waals surface area contributed by atoms with Gasteiger partial charge >= 0.3 is 0 Å². The predicted molar refractivity (Wildman–Crippen MR) is 50.2 cm³/mol. The Balaban J connectivity index is 3.39. The molecular formula is C3H9NS4. The summed E-state index contributed by atoms with van der Waals surface area (Å²) in [6.45, 7) is 0. The van der Waals surface area contributed by atoms with E-state index in [0.717, 1.165) is 5.75 Å². The lowest BCUT2D eigenvalue weighted by Crippen LogP contribution is -2.26. The fraction of sp³-hybridized carbons (Fsp3) is 1.00. The van der Waals surface area contributed by atoms with Crippen LogP contribution in [0.3, 0.4) is 0 Å². The molecule has 0 saturated heterocycles. The molecule has 0 unspecified atom stereocenters. The highest BCUT2D eigenvalue weighted by atomic mass is 33.1. The van der Waals surface area contributed by atoms with Crippen molar-refractivity contribution < 1.29 is 0 Å². The molecule has 1 atom stereocenters. The third-order valence-electron chi connectivity index (χ3n) is 0.618. The van der Waals surface area contributed by atoms with Crippen molar-refractivity contribution in [3.8, 4) is 0 Å². The van der Waals surface area contributed by atoms with Crippen LogP contribution in [0.5, 0.6) is 0 Å². The number of nitrogens with two attached hydrogens (primary N) is 1. The zero-order valence-corrected chi connectivity index (χ0v) is 7.70. The molecule has 0 fully saturated rings. The summed E-state index contributed by atoms with van der Waals surface area (Å²) in [6.07, 6.45) is 0. The van der Waals surface area contributed by atoms with Crippen LogP contribution >= 0.6 is 12.6 Å². The molecule has 5 heteroatoms. The lowest BCUT2D eigenvalue weighted by Gasteiger charge is -2.01. The van der Waals surface area contributed by atoms with Gasteiger partial charge in [0.1, 0.15) is 0 Å². The van der Waals surface area contributed by atoms with E-state index in [4.69, 9.17) is 28.1 Å². The minimum Gasteiger partial charge on any atom is -0.326 e. The molecule has 0 aromatic carbocycles. The van der Waals surface area contributed by atoms with E-state index in [1.807, 2.05) is 0 Å². The molecule has 8 heavy (non-hydrogen) atoms. The second-order valence-electron chi connectivity index (χ2n) is 1.46. The van der Waals surface area contributed by atoms with Crippen molar-refractivity contribution in [2.24, 2.45) is 5.73 Å². The fourth-order valence-electron chi connectivity index (χ4n) is 0.249. The largest absolute Gasteiger partial charge is 0.326 e. The van der Waals surface area contributed by atoms with Crippen LogP contribution in [0.15, 0.2) is 0 Å². The Morgan fingerprint density at radius 1 is 1.62 bits per heavy atom. The van der Waals surface area contributed by atoms with Crippen molar-refractivity contribution in [1.82, 2.24) is 0 Å². The van der Waals surface area contributed by atoms with Crippen LogP contribution in [0.2, 0.25) is 0 Å². The summed E-state index contributed by atoms with van der Waals surface area (Å²) >= 11 is 13.6. The van der Waals surface area contributed by atoms with Crippen molar-refractivity contribution in [2.75, 3.05) is 11.5 Å². The predicted octanol–water partition coefficient (Wildman–Crippen LogP) is -0.482. The Morgan fingerprint density at radius 3 is 2.25 bits per heavy atom. The number of hydrogen-bond donors (Lipinski definition) is 3. The minimum absolute atomic E-state index is 0.111. The van der Waals surface area contributed by atoms with Crippen molar-refractivity contribution in [3.63, 3.8) is 0 Å². The standard InChI is InChI=1S/C3H9NS4/c4-3(1-5)2-8(6)7/h3,5,8H,1-2,4H2/t3-/m0/s1. The van der Waals surface area contributed by atoms with Crippen LogP contribution in [-0.2, 0) is 30.4 Å². The molecule has 0 aliphatic heterocycles. The molecule has 0 aromatic heterocycles. The lowest BCUT2D eigenvalue weighted by molar-refractivity contribution is 0.865. The molecule has 0 aliphatic rings. The van der Waals surface area contributed by atoms with Gasteiger partial charge in [-0.15, -0.1) is 0 Å². The molecule has 0 aromatic rings. The molecule has 0 aliphatic carbocycles. The van der Waals surface area contributed by atoms with Gasteiger partial charge in [-0.2, -0.15) is 12.6 Å². The summed E-state index contributed by atoms with van der Waals surface area (Å²) < 4.78 is 0. The first-order valence-electron chi connectivity index (χ1n) is 2.15. The van der Waals surface area contributed by atoms with Gasteiger partial charge in [0.2, 0.25) is 0 Å². The second-order valence-corrected chi connectivity index (χ2v) is 6.19. The fourth-order valence-corrected chi connectivity index (χ4v) is 2.24. The van der Waals surface area contributed by atoms with Crippen LogP contribution in [0.25, 0.3) is 0 Å². The maximum absolute atomic E-state index is 5.48. The highest BCUT2D eigenvalue weighted by molar-refractivity contribution is 8.46. The van der Waals surface area contributed by atoms with Gasteiger partial charge < -0.3 is 5.73 Å². The zero-order chi connectivity index (χ0) is 6.57. The Labute approximate surface area is 66.3 Å². The minimum atomic E-state index is -0.653. The van der Waals surface area contributed by atoms with Crippen molar-refractivity contribution in [3.05, 3.63) is 0 Å². The van der Waals surface area contributed by atoms with Crippen molar-refractivity contribution >= 4 is 43.0 Å². The van der Waals surface area contributed by atoms with Crippen LogP contribution in [-0.4, -0.2) is 17.5 Å². The van der Waals surface area contributed by atoms with E-state index in [-0.39, 0.29) is 6.04 Å². The third-order valence-corrected chi connectivity index (χ3v) is 2.75. The normalized spacial score (nSPS) is 14.4. The molecule has 50 valence electrons. The van der Waals surface area contributed by atoms with Crippen LogP contribution in [0, 0.1) is 0 Å². The highest BCUT2D eigenvalue weighted by Crippen LogP contribution is 1.82. The van der Waals surface area contributed by atoms with E-state index in [1.165, 1.54) is 0 Å². The molecule has 2 N–H and O–H groups in total. The average molecular weight is 187 g/mol. The Morgan fingerprint density at radius 2 is 2.12 bits per heavy atom. The van der Waals surface area contributed by atoms with Gasteiger partial charge in [0.15, 0.2) is 0 Å². The Hall–Kier alpha value is 1.10. The number of rotatable bonds is 3. The summed E-state index contributed by atoms with van der Waals surface area (Å²) in [5.41, 5.74) is 5.48. The summed E-state index contributed by atoms with van der Waals surface area (Å²) in [7, 11) is -0.653. The highest BCUT2D eigenvalue weighted by Gasteiger charge is 1.94. The van der Waals surface area contributed by atoms with Crippen LogP contribution < -0.4 is 5.73 Å². The lowest BCUT2D eigenvalue weighted by atomic mass is 10.4. The van der Waals surface area contributed by atoms with Gasteiger partial charge in [-0.3, -0.25) is 0 Å². The van der Waals surface area contributed by atoms with E-state index in [2.05, 4.69) is 12.6 Å². The molecule has 0 radical (unpaired) electrons. The third kappa shape index (κ3) is 5.24. The van der Waals surface area contributed by atoms with E-state index < -0.39 is 8.01 Å². The molecular weight excluding hydrogens is 178 g/mol. The monoisotopic (exact) mass is 187 g/mol. The van der Waals surface area contributed by atoms with Gasteiger partial charge in [-0.1, -0.05) is 30.4 Å². The van der Waals surface area contributed by atoms with E-state index in [0.29, 0.717) is 5.75 Å². The van der Waals surface area contributed by atoms with E-state index >= 15 is 0 Å². The summed E-state index contributed by atoms with van der Waals surface area (Å²) in [5, 5.41) is 0. The zero-order valence-electron chi connectivity index (χ0n) is 4.28. The molecule has 1 nitrogen and oxygen atoms in total. The summed E-state index contributed by atoms with van der Waals surface area (Å²) in [4.78, 5) is 0. The van der Waals surface area contributed by atoms with Gasteiger partial charge in [-0.25, -0.2) is 0 Å². The first-order valence-corrected chi connectivity index (χ1v) is 6.33. The topological polar surface area (TPSA) is 26.0 Å². The summed E-state index contributed by atoms with van der Waals surface area (Å²) in [5.74, 6) is 1.47. The van der Waals surface area contributed by atoms with E-state index in [1.54, 1.807) is 0 Å². The first-order chi connectivity index (χ1) is 3.66. The van der Waals surface area contributed by atoms with Crippen LogP contribution in [0.4, 0.5) is 0 Å². The Bertz CT molecular complexity index is 110. The van der Waals surface area contributed by atoms with Gasteiger partial charge in [0, 0.05) is 17.5 Å². The molecule has 0 spiro atoms. The van der Waals surface area contributed by atoms with Crippen LogP contribution in [0.1, 0.15) is 0 Å². The van der Waals surface area contributed by atoms with Gasteiger partial charge in [-0.05, 0) is 0 Å². The Kier molecular flexibility index (Phi) is 5.61.